The molecule has 0 aliphatic heterocycles. The summed E-state index contributed by atoms with van der Waals surface area (Å²) in [7, 11) is 1.29. The van der Waals surface area contributed by atoms with Crippen LogP contribution < -0.4 is 5.56 Å². The summed E-state index contributed by atoms with van der Waals surface area (Å²) in [5.41, 5.74) is -2.01. The van der Waals surface area contributed by atoms with E-state index in [0.717, 1.165) is 4.57 Å². The summed E-state index contributed by atoms with van der Waals surface area (Å²) in [6, 6.07) is 0.430. The summed E-state index contributed by atoms with van der Waals surface area (Å²) in [5, 5.41) is -0.264. The second-order valence-corrected chi connectivity index (χ2v) is 2.74. The average Bonchev–Trinajstić information content (AvgIpc) is 1.97. The first-order chi connectivity index (χ1) is 5.82. The van der Waals surface area contributed by atoms with Crippen LogP contribution in [-0.2, 0) is 13.2 Å². The largest absolute Gasteiger partial charge is 0.433 e. The van der Waals surface area contributed by atoms with E-state index in [0.29, 0.717) is 6.07 Å². The minimum absolute atomic E-state index is 0.264. The van der Waals surface area contributed by atoms with Crippen molar-refractivity contribution in [2.75, 3.05) is 0 Å². The van der Waals surface area contributed by atoms with Gasteiger partial charge in [-0.05, 0) is 0 Å². The van der Waals surface area contributed by atoms with Gasteiger partial charge >= 0.3 is 6.18 Å². The third-order valence-electron chi connectivity index (χ3n) is 1.40. The first-order valence-corrected chi connectivity index (χ1v) is 3.61. The van der Waals surface area contributed by atoms with E-state index >= 15 is 0 Å². The number of aromatic nitrogens is 2. The molecule has 0 saturated carbocycles. The van der Waals surface area contributed by atoms with Crippen LogP contribution in [0.3, 0.4) is 0 Å². The average molecular weight is 210 g/mol. The van der Waals surface area contributed by atoms with Gasteiger partial charge in [-0.2, -0.15) is 13.2 Å². The number of nitrogens with zero attached hydrogens (tertiary/aromatic N) is 2. The predicted molar refractivity (Wildman–Crippen MR) is 41.7 cm³/mol. The van der Waals surface area contributed by atoms with E-state index in [1.54, 1.807) is 0 Å². The predicted octanol–water partition coefficient (Wildman–Crippen LogP) is 1.09. The highest BCUT2D eigenvalue weighted by Gasteiger charge is 2.33. The summed E-state index contributed by atoms with van der Waals surface area (Å²) in [5.74, 6) is 0. The molecular formula is C6H5F3N2OS. The Bertz CT molecular complexity index is 384. The lowest BCUT2D eigenvalue weighted by Gasteiger charge is -2.07. The van der Waals surface area contributed by atoms with Gasteiger partial charge < -0.3 is 0 Å². The van der Waals surface area contributed by atoms with Gasteiger partial charge in [-0.1, -0.05) is 0 Å². The SMILES string of the molecule is Cn1c(S)nc(C(F)(F)F)cc1=O. The third-order valence-corrected chi connectivity index (χ3v) is 1.80. The van der Waals surface area contributed by atoms with E-state index < -0.39 is 17.4 Å². The molecule has 3 nitrogen and oxygen atoms in total. The highest BCUT2D eigenvalue weighted by Crippen LogP contribution is 2.26. The minimum Gasteiger partial charge on any atom is -0.291 e. The molecule has 0 saturated heterocycles. The van der Waals surface area contributed by atoms with Crippen LogP contribution in [0.4, 0.5) is 13.2 Å². The smallest absolute Gasteiger partial charge is 0.291 e. The second-order valence-electron chi connectivity index (χ2n) is 2.34. The Balaban J connectivity index is 3.38. The second kappa shape index (κ2) is 3.06. The number of hydrogen-bond donors (Lipinski definition) is 1. The Hall–Kier alpha value is -0.980. The van der Waals surface area contributed by atoms with Crippen LogP contribution in [0, 0.1) is 0 Å². The monoisotopic (exact) mass is 210 g/mol. The molecule has 0 amide bonds. The van der Waals surface area contributed by atoms with Gasteiger partial charge in [0.05, 0.1) is 0 Å². The van der Waals surface area contributed by atoms with Crippen LogP contribution in [-0.4, -0.2) is 9.55 Å². The molecular weight excluding hydrogens is 205 g/mol. The van der Waals surface area contributed by atoms with Crippen LogP contribution in [0.5, 0.6) is 0 Å². The van der Waals surface area contributed by atoms with Gasteiger partial charge in [0, 0.05) is 13.1 Å². The lowest BCUT2D eigenvalue weighted by molar-refractivity contribution is -0.141. The molecule has 7 heteroatoms. The van der Waals surface area contributed by atoms with Crippen molar-refractivity contribution in [1.29, 1.82) is 0 Å². The molecule has 1 aromatic rings. The molecule has 0 aliphatic rings. The number of thiol groups is 1. The third kappa shape index (κ3) is 2.03. The highest BCUT2D eigenvalue weighted by molar-refractivity contribution is 7.80. The van der Waals surface area contributed by atoms with E-state index in [-0.39, 0.29) is 5.16 Å². The van der Waals surface area contributed by atoms with Crippen molar-refractivity contribution >= 4 is 12.6 Å². The van der Waals surface area contributed by atoms with E-state index in [1.807, 2.05) is 0 Å². The quantitative estimate of drug-likeness (QED) is 0.513. The number of alkyl halides is 3. The van der Waals surface area contributed by atoms with Crippen molar-refractivity contribution < 1.29 is 13.2 Å². The maximum Gasteiger partial charge on any atom is 0.433 e. The highest BCUT2D eigenvalue weighted by atomic mass is 32.1. The maximum absolute atomic E-state index is 12.0. The lowest BCUT2D eigenvalue weighted by Crippen LogP contribution is -2.22. The van der Waals surface area contributed by atoms with Gasteiger partial charge in [0.2, 0.25) is 0 Å². The van der Waals surface area contributed by atoms with E-state index in [2.05, 4.69) is 17.6 Å². The normalized spacial score (nSPS) is 11.8. The molecule has 0 spiro atoms. The summed E-state index contributed by atoms with van der Waals surface area (Å²) in [6.07, 6.45) is -4.61. The molecule has 1 rings (SSSR count). The lowest BCUT2D eigenvalue weighted by atomic mass is 10.4. The molecule has 13 heavy (non-hydrogen) atoms. The zero-order valence-electron chi connectivity index (χ0n) is 6.46. The summed E-state index contributed by atoms with van der Waals surface area (Å²) in [4.78, 5) is 14.0. The van der Waals surface area contributed by atoms with Crippen molar-refractivity contribution in [2.45, 2.75) is 11.3 Å². The first-order valence-electron chi connectivity index (χ1n) is 3.16. The van der Waals surface area contributed by atoms with E-state index in [4.69, 9.17) is 0 Å². The molecule has 1 heterocycles. The van der Waals surface area contributed by atoms with Crippen molar-refractivity contribution in [1.82, 2.24) is 9.55 Å². The number of halogens is 3. The topological polar surface area (TPSA) is 34.9 Å². The van der Waals surface area contributed by atoms with Gasteiger partial charge in [0.1, 0.15) is 0 Å². The fraction of sp³-hybridized carbons (Fsp3) is 0.333. The Morgan fingerprint density at radius 2 is 2.08 bits per heavy atom. The molecule has 0 aromatic carbocycles. The number of rotatable bonds is 0. The van der Waals surface area contributed by atoms with Gasteiger partial charge in [-0.15, -0.1) is 12.6 Å². The molecule has 0 aliphatic carbocycles. The van der Waals surface area contributed by atoms with Crippen LogP contribution in [0.25, 0.3) is 0 Å². The fourth-order valence-corrected chi connectivity index (χ4v) is 0.879. The molecule has 0 bridgehead atoms. The van der Waals surface area contributed by atoms with Crippen LogP contribution >= 0.6 is 12.6 Å². The zero-order chi connectivity index (χ0) is 10.2. The molecule has 1 aromatic heterocycles. The van der Waals surface area contributed by atoms with E-state index in [1.165, 1.54) is 7.05 Å². The Morgan fingerprint density at radius 1 is 1.54 bits per heavy atom. The van der Waals surface area contributed by atoms with Gasteiger partial charge in [0.25, 0.3) is 5.56 Å². The number of hydrogen-bond acceptors (Lipinski definition) is 3. The maximum atomic E-state index is 12.0. The summed E-state index contributed by atoms with van der Waals surface area (Å²) < 4.78 is 37.0. The molecule has 0 N–H and O–H groups in total. The Labute approximate surface area is 76.6 Å². The molecule has 0 atom stereocenters. The minimum atomic E-state index is -4.61. The van der Waals surface area contributed by atoms with Crippen LogP contribution in [0.2, 0.25) is 0 Å². The van der Waals surface area contributed by atoms with Gasteiger partial charge in [0.15, 0.2) is 10.9 Å². The summed E-state index contributed by atoms with van der Waals surface area (Å²) in [6.45, 7) is 0. The van der Waals surface area contributed by atoms with Gasteiger partial charge in [-0.3, -0.25) is 9.36 Å². The van der Waals surface area contributed by atoms with Crippen molar-refractivity contribution in [3.63, 3.8) is 0 Å². The van der Waals surface area contributed by atoms with Crippen LogP contribution in [0.1, 0.15) is 5.69 Å². The molecule has 0 radical (unpaired) electrons. The fourth-order valence-electron chi connectivity index (χ4n) is 0.673. The van der Waals surface area contributed by atoms with Crippen LogP contribution in [0.15, 0.2) is 16.0 Å². The molecule has 72 valence electrons. The van der Waals surface area contributed by atoms with Crippen molar-refractivity contribution in [2.24, 2.45) is 7.05 Å². The van der Waals surface area contributed by atoms with Crippen molar-refractivity contribution in [3.8, 4) is 0 Å². The molecule has 0 unspecified atom stereocenters. The van der Waals surface area contributed by atoms with Gasteiger partial charge in [-0.25, -0.2) is 4.98 Å². The standard InChI is InChI=1S/C6H5F3N2OS/c1-11-4(12)2-3(6(7,8)9)10-5(11)13/h2H,1H3,(H,10,13). The zero-order valence-corrected chi connectivity index (χ0v) is 7.36. The van der Waals surface area contributed by atoms with Crippen molar-refractivity contribution in [3.05, 3.63) is 22.1 Å². The first kappa shape index (κ1) is 10.1. The Kier molecular flexibility index (Phi) is 2.38. The van der Waals surface area contributed by atoms with E-state index in [9.17, 15) is 18.0 Å². The molecule has 0 fully saturated rings. The Morgan fingerprint density at radius 3 is 2.46 bits per heavy atom. The summed E-state index contributed by atoms with van der Waals surface area (Å²) >= 11 is 3.62.